The van der Waals surface area contributed by atoms with E-state index >= 15 is 0 Å². The third-order valence-corrected chi connectivity index (χ3v) is 2.40. The van der Waals surface area contributed by atoms with Crippen LogP contribution in [0.4, 0.5) is 11.5 Å². The molecule has 0 aliphatic carbocycles. The van der Waals surface area contributed by atoms with Crippen molar-refractivity contribution in [3.8, 4) is 0 Å². The van der Waals surface area contributed by atoms with Crippen molar-refractivity contribution < 1.29 is 14.8 Å². The fraction of sp³-hybridized carbons (Fsp3) is 0.455. The normalized spacial score (nSPS) is 10.1. The monoisotopic (exact) mass is 253 g/mol. The van der Waals surface area contributed by atoms with Gasteiger partial charge in [0, 0.05) is 18.5 Å². The van der Waals surface area contributed by atoms with Gasteiger partial charge in [-0.3, -0.25) is 14.9 Å². The quantitative estimate of drug-likeness (QED) is 0.437. The van der Waals surface area contributed by atoms with Crippen LogP contribution >= 0.6 is 0 Å². The number of carboxylic acids is 1. The van der Waals surface area contributed by atoms with E-state index in [2.05, 4.69) is 10.3 Å². The second-order valence-electron chi connectivity index (χ2n) is 3.89. The molecule has 1 aromatic rings. The average Bonchev–Trinajstić information content (AvgIpc) is 2.27. The molecule has 0 aliphatic rings. The number of carboxylic acid groups (broad SMARTS) is 1. The maximum Gasteiger partial charge on any atom is 0.303 e. The van der Waals surface area contributed by atoms with Crippen molar-refractivity contribution in [3.63, 3.8) is 0 Å². The third kappa shape index (κ3) is 4.36. The molecule has 0 amide bonds. The van der Waals surface area contributed by atoms with E-state index in [-0.39, 0.29) is 12.1 Å². The van der Waals surface area contributed by atoms with Crippen LogP contribution in [0.3, 0.4) is 0 Å². The van der Waals surface area contributed by atoms with Gasteiger partial charge >= 0.3 is 5.97 Å². The number of nitro groups is 1. The summed E-state index contributed by atoms with van der Waals surface area (Å²) < 4.78 is 0. The fourth-order valence-electron chi connectivity index (χ4n) is 1.45. The molecule has 0 atom stereocenters. The maximum absolute atomic E-state index is 10.6. The summed E-state index contributed by atoms with van der Waals surface area (Å²) in [5, 5.41) is 22.0. The fourth-order valence-corrected chi connectivity index (χ4v) is 1.45. The Labute approximate surface area is 104 Å². The van der Waals surface area contributed by atoms with Crippen molar-refractivity contribution >= 4 is 17.5 Å². The molecule has 0 fully saturated rings. The number of pyridine rings is 1. The molecule has 2 N–H and O–H groups in total. The minimum atomic E-state index is -0.806. The molecule has 1 heterocycles. The van der Waals surface area contributed by atoms with E-state index in [1.807, 2.05) is 0 Å². The van der Waals surface area contributed by atoms with Crippen molar-refractivity contribution in [2.24, 2.45) is 0 Å². The number of aryl methyl sites for hydroxylation is 1. The summed E-state index contributed by atoms with van der Waals surface area (Å²) in [5.41, 5.74) is 0.537. The number of nitrogens with one attached hydrogen (secondary N) is 1. The summed E-state index contributed by atoms with van der Waals surface area (Å²) in [4.78, 5) is 24.3. The van der Waals surface area contributed by atoms with E-state index in [0.29, 0.717) is 30.8 Å². The molecule has 0 aliphatic heterocycles. The molecule has 0 unspecified atom stereocenters. The number of hydrogen-bond donors (Lipinski definition) is 2. The molecule has 7 heteroatoms. The van der Waals surface area contributed by atoms with Gasteiger partial charge in [0.1, 0.15) is 12.0 Å². The SMILES string of the molecule is Cc1cc(NCCCCC(=O)O)ncc1[N+](=O)[O-]. The van der Waals surface area contributed by atoms with Crippen LogP contribution < -0.4 is 5.32 Å². The second-order valence-corrected chi connectivity index (χ2v) is 3.89. The van der Waals surface area contributed by atoms with Crippen molar-refractivity contribution in [1.82, 2.24) is 4.98 Å². The van der Waals surface area contributed by atoms with E-state index in [4.69, 9.17) is 5.11 Å². The highest BCUT2D eigenvalue weighted by Crippen LogP contribution is 2.18. The van der Waals surface area contributed by atoms with Gasteiger partial charge < -0.3 is 10.4 Å². The highest BCUT2D eigenvalue weighted by atomic mass is 16.6. The first kappa shape index (κ1) is 13.9. The average molecular weight is 253 g/mol. The summed E-state index contributed by atoms with van der Waals surface area (Å²) in [5.74, 6) is -0.243. The van der Waals surface area contributed by atoms with Crippen molar-refractivity contribution in [3.05, 3.63) is 27.9 Å². The summed E-state index contributed by atoms with van der Waals surface area (Å²) in [7, 11) is 0. The van der Waals surface area contributed by atoms with Crippen molar-refractivity contribution in [2.45, 2.75) is 26.2 Å². The van der Waals surface area contributed by atoms with Crippen LogP contribution in [0.5, 0.6) is 0 Å². The highest BCUT2D eigenvalue weighted by Gasteiger charge is 2.10. The third-order valence-electron chi connectivity index (χ3n) is 2.40. The molecular weight excluding hydrogens is 238 g/mol. The van der Waals surface area contributed by atoms with Gasteiger partial charge in [-0.2, -0.15) is 0 Å². The Morgan fingerprint density at radius 2 is 2.28 bits per heavy atom. The van der Waals surface area contributed by atoms with Gasteiger partial charge in [-0.25, -0.2) is 4.98 Å². The van der Waals surface area contributed by atoms with E-state index in [9.17, 15) is 14.9 Å². The van der Waals surface area contributed by atoms with Gasteiger partial charge in [0.15, 0.2) is 0 Å². The molecule has 0 saturated carbocycles. The van der Waals surface area contributed by atoms with Crippen LogP contribution in [0, 0.1) is 17.0 Å². The molecule has 0 bridgehead atoms. The van der Waals surface area contributed by atoms with Gasteiger partial charge in [-0.05, 0) is 25.8 Å². The predicted molar refractivity (Wildman–Crippen MR) is 65.6 cm³/mol. The molecule has 18 heavy (non-hydrogen) atoms. The zero-order chi connectivity index (χ0) is 13.5. The van der Waals surface area contributed by atoms with E-state index in [1.54, 1.807) is 13.0 Å². The Kier molecular flexibility index (Phi) is 5.04. The smallest absolute Gasteiger partial charge is 0.303 e. The summed E-state index contributed by atoms with van der Waals surface area (Å²) >= 11 is 0. The van der Waals surface area contributed by atoms with Gasteiger partial charge in [-0.1, -0.05) is 0 Å². The molecule has 1 aromatic heterocycles. The second kappa shape index (κ2) is 6.53. The molecule has 7 nitrogen and oxygen atoms in total. The van der Waals surface area contributed by atoms with Gasteiger partial charge in [0.2, 0.25) is 0 Å². The van der Waals surface area contributed by atoms with E-state index in [1.165, 1.54) is 6.20 Å². The Bertz CT molecular complexity index is 448. The number of aliphatic carboxylic acids is 1. The molecule has 98 valence electrons. The lowest BCUT2D eigenvalue weighted by molar-refractivity contribution is -0.385. The lowest BCUT2D eigenvalue weighted by atomic mass is 10.2. The summed E-state index contributed by atoms with van der Waals surface area (Å²) in [6.45, 7) is 2.24. The molecule has 1 rings (SSSR count). The van der Waals surface area contributed by atoms with Gasteiger partial charge in [-0.15, -0.1) is 0 Å². The largest absolute Gasteiger partial charge is 0.481 e. The van der Waals surface area contributed by atoms with Gasteiger partial charge in [0.25, 0.3) is 5.69 Å². The standard InChI is InChI=1S/C11H15N3O4/c1-8-6-10(13-7-9(8)14(17)18)12-5-3-2-4-11(15)16/h6-7H,2-5H2,1H3,(H,12,13)(H,15,16). The molecule has 0 radical (unpaired) electrons. The zero-order valence-electron chi connectivity index (χ0n) is 10.0. The Balaban J connectivity index is 2.42. The molecule has 0 aromatic carbocycles. The van der Waals surface area contributed by atoms with Crippen molar-refractivity contribution in [2.75, 3.05) is 11.9 Å². The number of nitrogens with zero attached hydrogens (tertiary/aromatic N) is 2. The minimum Gasteiger partial charge on any atom is -0.481 e. The summed E-state index contributed by atoms with van der Waals surface area (Å²) in [6, 6.07) is 1.61. The molecule has 0 spiro atoms. The topological polar surface area (TPSA) is 105 Å². The Hall–Kier alpha value is -2.18. The van der Waals surface area contributed by atoms with E-state index < -0.39 is 10.9 Å². The van der Waals surface area contributed by atoms with Crippen LogP contribution in [0.15, 0.2) is 12.3 Å². The van der Waals surface area contributed by atoms with Gasteiger partial charge in [0.05, 0.1) is 4.92 Å². The lowest BCUT2D eigenvalue weighted by Gasteiger charge is -2.05. The number of anilines is 1. The number of carbonyl (C=O) groups is 1. The van der Waals surface area contributed by atoms with Crippen LogP contribution in [0.25, 0.3) is 0 Å². The highest BCUT2D eigenvalue weighted by molar-refractivity contribution is 5.66. The van der Waals surface area contributed by atoms with Crippen LogP contribution in [0.2, 0.25) is 0 Å². The first-order chi connectivity index (χ1) is 8.50. The number of aromatic nitrogens is 1. The lowest BCUT2D eigenvalue weighted by Crippen LogP contribution is -2.05. The number of rotatable bonds is 7. The van der Waals surface area contributed by atoms with Crippen LogP contribution in [-0.2, 0) is 4.79 Å². The Morgan fingerprint density at radius 1 is 1.56 bits per heavy atom. The summed E-state index contributed by atoms with van der Waals surface area (Å²) in [6.07, 6.45) is 2.67. The van der Waals surface area contributed by atoms with E-state index in [0.717, 1.165) is 0 Å². The number of unbranched alkanes of at least 4 members (excludes halogenated alkanes) is 1. The van der Waals surface area contributed by atoms with Crippen LogP contribution in [-0.4, -0.2) is 27.5 Å². The van der Waals surface area contributed by atoms with Crippen molar-refractivity contribution in [1.29, 1.82) is 0 Å². The maximum atomic E-state index is 10.6. The first-order valence-electron chi connectivity index (χ1n) is 5.57. The first-order valence-corrected chi connectivity index (χ1v) is 5.57. The minimum absolute atomic E-state index is 0.00794. The zero-order valence-corrected chi connectivity index (χ0v) is 10.0. The van der Waals surface area contributed by atoms with Crippen LogP contribution in [0.1, 0.15) is 24.8 Å². The molecule has 0 saturated heterocycles. The number of hydrogen-bond acceptors (Lipinski definition) is 5. The Morgan fingerprint density at radius 3 is 2.83 bits per heavy atom. The molecular formula is C11H15N3O4. The predicted octanol–water partition coefficient (Wildman–Crippen LogP) is 1.97.